The number of carbonyl (C=O) groups excluding carboxylic acids is 2. The van der Waals surface area contributed by atoms with Crippen molar-refractivity contribution in [3.8, 4) is 0 Å². The van der Waals surface area contributed by atoms with Gasteiger partial charge in [0.2, 0.25) is 0 Å². The van der Waals surface area contributed by atoms with Crippen molar-refractivity contribution in [2.24, 2.45) is 0 Å². The summed E-state index contributed by atoms with van der Waals surface area (Å²) in [7, 11) is 1.69. The van der Waals surface area contributed by atoms with E-state index in [1.807, 2.05) is 11.4 Å². The van der Waals surface area contributed by atoms with Gasteiger partial charge in [0.25, 0.3) is 11.8 Å². The summed E-state index contributed by atoms with van der Waals surface area (Å²) in [6.45, 7) is 0.385. The Labute approximate surface area is 154 Å². The van der Waals surface area contributed by atoms with Gasteiger partial charge in [-0.05, 0) is 53.4 Å². The van der Waals surface area contributed by atoms with E-state index in [1.165, 1.54) is 23.5 Å². The molecule has 0 atom stereocenters. The van der Waals surface area contributed by atoms with E-state index < -0.39 is 0 Å². The van der Waals surface area contributed by atoms with Gasteiger partial charge in [-0.1, -0.05) is 18.2 Å². The number of rotatable bonds is 5. The summed E-state index contributed by atoms with van der Waals surface area (Å²) in [6.07, 6.45) is 0. The minimum absolute atomic E-state index is 0.148. The third-order valence-corrected chi connectivity index (χ3v) is 4.68. The van der Waals surface area contributed by atoms with Crippen LogP contribution >= 0.6 is 11.3 Å². The Morgan fingerprint density at radius 3 is 2.35 bits per heavy atom. The predicted molar refractivity (Wildman–Crippen MR) is 101 cm³/mol. The van der Waals surface area contributed by atoms with Gasteiger partial charge in [0, 0.05) is 24.8 Å². The summed E-state index contributed by atoms with van der Waals surface area (Å²) in [5.74, 6) is -0.624. The van der Waals surface area contributed by atoms with Crippen molar-refractivity contribution in [3.63, 3.8) is 0 Å². The first kappa shape index (κ1) is 17.8. The smallest absolute Gasteiger partial charge is 0.265 e. The zero-order valence-electron chi connectivity index (χ0n) is 14.1. The first-order valence-corrected chi connectivity index (χ1v) is 8.86. The molecule has 0 aliphatic rings. The molecule has 0 saturated carbocycles. The summed E-state index contributed by atoms with van der Waals surface area (Å²) < 4.78 is 13.0. The summed E-state index contributed by atoms with van der Waals surface area (Å²) in [5, 5.41) is 4.64. The van der Waals surface area contributed by atoms with Crippen LogP contribution in [-0.2, 0) is 6.54 Å². The van der Waals surface area contributed by atoms with Crippen molar-refractivity contribution in [1.82, 2.24) is 4.90 Å². The molecule has 1 aromatic heterocycles. The summed E-state index contributed by atoms with van der Waals surface area (Å²) >= 11 is 1.37. The Hall–Kier alpha value is -2.99. The van der Waals surface area contributed by atoms with E-state index in [2.05, 4.69) is 5.32 Å². The van der Waals surface area contributed by atoms with Gasteiger partial charge in [-0.25, -0.2) is 4.39 Å². The lowest BCUT2D eigenvalue weighted by Gasteiger charge is -2.17. The van der Waals surface area contributed by atoms with E-state index in [1.54, 1.807) is 54.4 Å². The van der Waals surface area contributed by atoms with Crippen LogP contribution in [0, 0.1) is 5.82 Å². The number of hydrogen-bond acceptors (Lipinski definition) is 3. The van der Waals surface area contributed by atoms with Gasteiger partial charge in [0.15, 0.2) is 0 Å². The molecule has 1 heterocycles. The molecule has 3 rings (SSSR count). The SMILES string of the molecule is CN(Cc1ccc(F)cc1)C(=O)c1ccc(NC(=O)c2cccs2)cc1. The lowest BCUT2D eigenvalue weighted by Crippen LogP contribution is -2.26. The molecule has 26 heavy (non-hydrogen) atoms. The molecule has 3 aromatic rings. The quantitative estimate of drug-likeness (QED) is 0.725. The van der Waals surface area contributed by atoms with Crippen molar-refractivity contribution in [3.05, 3.63) is 87.9 Å². The average Bonchev–Trinajstić information content (AvgIpc) is 3.18. The Balaban J connectivity index is 1.62. The Morgan fingerprint density at radius 2 is 1.73 bits per heavy atom. The molecule has 0 aliphatic carbocycles. The van der Waals surface area contributed by atoms with Crippen molar-refractivity contribution in [2.45, 2.75) is 6.54 Å². The number of halogens is 1. The Morgan fingerprint density at radius 1 is 1.04 bits per heavy atom. The van der Waals surface area contributed by atoms with E-state index in [4.69, 9.17) is 0 Å². The second-order valence-corrected chi connectivity index (χ2v) is 6.74. The van der Waals surface area contributed by atoms with Gasteiger partial charge < -0.3 is 10.2 Å². The molecule has 0 radical (unpaired) electrons. The fourth-order valence-electron chi connectivity index (χ4n) is 2.45. The topological polar surface area (TPSA) is 49.4 Å². The first-order chi connectivity index (χ1) is 12.5. The van der Waals surface area contributed by atoms with Gasteiger partial charge in [0.05, 0.1) is 4.88 Å². The maximum Gasteiger partial charge on any atom is 0.265 e. The van der Waals surface area contributed by atoms with Crippen molar-refractivity contribution in [1.29, 1.82) is 0 Å². The Bertz CT molecular complexity index is 891. The molecular weight excluding hydrogens is 351 g/mol. The van der Waals surface area contributed by atoms with Crippen LogP contribution in [0.5, 0.6) is 0 Å². The maximum absolute atomic E-state index is 13.0. The molecule has 0 saturated heterocycles. The average molecular weight is 368 g/mol. The van der Waals surface area contributed by atoms with Crippen LogP contribution in [0.4, 0.5) is 10.1 Å². The molecule has 0 unspecified atom stereocenters. The van der Waals surface area contributed by atoms with Crippen LogP contribution in [0.2, 0.25) is 0 Å². The molecule has 0 spiro atoms. The number of hydrogen-bond donors (Lipinski definition) is 1. The highest BCUT2D eigenvalue weighted by Crippen LogP contribution is 2.16. The van der Waals surface area contributed by atoms with Crippen LogP contribution in [0.3, 0.4) is 0 Å². The van der Waals surface area contributed by atoms with E-state index >= 15 is 0 Å². The largest absolute Gasteiger partial charge is 0.337 e. The lowest BCUT2D eigenvalue weighted by atomic mass is 10.1. The molecule has 0 bridgehead atoms. The van der Waals surface area contributed by atoms with Crippen LogP contribution < -0.4 is 5.32 Å². The fraction of sp³-hybridized carbons (Fsp3) is 0.100. The second-order valence-electron chi connectivity index (χ2n) is 5.80. The number of carbonyl (C=O) groups is 2. The first-order valence-electron chi connectivity index (χ1n) is 7.98. The third kappa shape index (κ3) is 4.34. The van der Waals surface area contributed by atoms with E-state index in [9.17, 15) is 14.0 Å². The normalized spacial score (nSPS) is 10.4. The van der Waals surface area contributed by atoms with Gasteiger partial charge in [-0.15, -0.1) is 11.3 Å². The maximum atomic E-state index is 13.0. The van der Waals surface area contributed by atoms with Gasteiger partial charge >= 0.3 is 0 Å². The molecule has 132 valence electrons. The van der Waals surface area contributed by atoms with Crippen LogP contribution in [0.15, 0.2) is 66.0 Å². The highest BCUT2D eigenvalue weighted by atomic mass is 32.1. The monoisotopic (exact) mass is 368 g/mol. The molecule has 1 N–H and O–H groups in total. The van der Waals surface area contributed by atoms with E-state index in [0.717, 1.165) is 5.56 Å². The lowest BCUT2D eigenvalue weighted by molar-refractivity contribution is 0.0785. The van der Waals surface area contributed by atoms with E-state index in [-0.39, 0.29) is 17.6 Å². The molecular formula is C20H17FN2O2S. The summed E-state index contributed by atoms with van der Waals surface area (Å²) in [5.41, 5.74) is 1.99. The summed E-state index contributed by atoms with van der Waals surface area (Å²) in [6, 6.07) is 16.4. The van der Waals surface area contributed by atoms with Gasteiger partial charge in [-0.2, -0.15) is 0 Å². The van der Waals surface area contributed by atoms with E-state index in [0.29, 0.717) is 22.7 Å². The standard InChI is InChI=1S/C20H17FN2O2S/c1-23(13-14-4-8-16(21)9-5-14)20(25)15-6-10-17(11-7-15)22-19(24)18-3-2-12-26-18/h2-12H,13H2,1H3,(H,22,24). The second kappa shape index (κ2) is 7.93. The third-order valence-electron chi connectivity index (χ3n) is 3.81. The van der Waals surface area contributed by atoms with Gasteiger partial charge in [0.1, 0.15) is 5.82 Å². The van der Waals surface area contributed by atoms with Crippen molar-refractivity contribution >= 4 is 28.8 Å². The van der Waals surface area contributed by atoms with Gasteiger partial charge in [-0.3, -0.25) is 9.59 Å². The fourth-order valence-corrected chi connectivity index (χ4v) is 3.07. The number of nitrogens with zero attached hydrogens (tertiary/aromatic N) is 1. The number of nitrogens with one attached hydrogen (secondary N) is 1. The minimum atomic E-state index is -0.303. The predicted octanol–water partition coefficient (Wildman–Crippen LogP) is 4.41. The van der Waals surface area contributed by atoms with Crippen LogP contribution in [0.25, 0.3) is 0 Å². The number of benzene rings is 2. The van der Waals surface area contributed by atoms with Crippen LogP contribution in [0.1, 0.15) is 25.6 Å². The number of anilines is 1. The highest BCUT2D eigenvalue weighted by Gasteiger charge is 2.13. The molecule has 2 aromatic carbocycles. The number of amides is 2. The molecule has 0 fully saturated rings. The van der Waals surface area contributed by atoms with Crippen molar-refractivity contribution < 1.29 is 14.0 Å². The zero-order valence-corrected chi connectivity index (χ0v) is 14.9. The molecule has 4 nitrogen and oxygen atoms in total. The summed E-state index contributed by atoms with van der Waals surface area (Å²) in [4.78, 5) is 26.7. The highest BCUT2D eigenvalue weighted by molar-refractivity contribution is 7.12. The zero-order chi connectivity index (χ0) is 18.5. The van der Waals surface area contributed by atoms with Crippen LogP contribution in [-0.4, -0.2) is 23.8 Å². The number of thiophene rings is 1. The Kier molecular flexibility index (Phi) is 5.43. The molecule has 0 aliphatic heterocycles. The van der Waals surface area contributed by atoms with Crippen molar-refractivity contribution in [2.75, 3.05) is 12.4 Å². The minimum Gasteiger partial charge on any atom is -0.337 e. The molecule has 6 heteroatoms. The molecule has 2 amide bonds.